The summed E-state index contributed by atoms with van der Waals surface area (Å²) in [6, 6.07) is 7.57. The molecule has 0 saturated carbocycles. The Kier molecular flexibility index (Phi) is 2.84. The minimum atomic E-state index is 0.478. The zero-order chi connectivity index (χ0) is 11.5. The molecule has 2 rings (SSSR count). The van der Waals surface area contributed by atoms with Crippen molar-refractivity contribution in [2.75, 3.05) is 0 Å². The van der Waals surface area contributed by atoms with Crippen LogP contribution >= 0.6 is 11.6 Å². The first-order valence-corrected chi connectivity index (χ1v) is 5.08. The number of hydrogen-bond acceptors (Lipinski definition) is 3. The van der Waals surface area contributed by atoms with Gasteiger partial charge in [0.15, 0.2) is 0 Å². The Balaban J connectivity index is 2.65. The maximum absolute atomic E-state index is 9.01. The smallest absolute Gasteiger partial charge is 0.101 e. The Labute approximate surface area is 98.3 Å². The third kappa shape index (κ3) is 1.75. The summed E-state index contributed by atoms with van der Waals surface area (Å²) in [5, 5.41) is 17.0. The average Bonchev–Trinajstić information content (AvgIpc) is 2.31. The SMILES string of the molecule is Cc1c(-c2ccnnc2)ccc(Cl)c1C#N. The van der Waals surface area contributed by atoms with Crippen LogP contribution in [0.5, 0.6) is 0 Å². The zero-order valence-corrected chi connectivity index (χ0v) is 9.36. The summed E-state index contributed by atoms with van der Waals surface area (Å²) in [5.74, 6) is 0. The van der Waals surface area contributed by atoms with Crippen LogP contribution in [-0.2, 0) is 0 Å². The van der Waals surface area contributed by atoms with E-state index in [0.29, 0.717) is 10.6 Å². The summed E-state index contributed by atoms with van der Waals surface area (Å²) in [7, 11) is 0. The van der Waals surface area contributed by atoms with Gasteiger partial charge in [0.05, 0.1) is 23.0 Å². The molecule has 0 unspecified atom stereocenters. The molecule has 0 saturated heterocycles. The fourth-order valence-corrected chi connectivity index (χ4v) is 1.83. The van der Waals surface area contributed by atoms with Gasteiger partial charge < -0.3 is 0 Å². The van der Waals surface area contributed by atoms with Crippen LogP contribution < -0.4 is 0 Å². The molecule has 1 heterocycles. The minimum absolute atomic E-state index is 0.478. The molecule has 4 heteroatoms. The molecule has 0 radical (unpaired) electrons. The molecule has 0 fully saturated rings. The van der Waals surface area contributed by atoms with Crippen molar-refractivity contribution in [1.29, 1.82) is 5.26 Å². The molecule has 0 aliphatic heterocycles. The summed E-state index contributed by atoms with van der Waals surface area (Å²) in [4.78, 5) is 0. The van der Waals surface area contributed by atoms with Crippen molar-refractivity contribution in [3.63, 3.8) is 0 Å². The van der Waals surface area contributed by atoms with Crippen molar-refractivity contribution in [1.82, 2.24) is 10.2 Å². The summed E-state index contributed by atoms with van der Waals surface area (Å²) < 4.78 is 0. The second-order valence-electron chi connectivity index (χ2n) is 3.34. The molecule has 2 aromatic rings. The van der Waals surface area contributed by atoms with Crippen LogP contribution in [0, 0.1) is 18.3 Å². The van der Waals surface area contributed by atoms with Gasteiger partial charge in [0.1, 0.15) is 6.07 Å². The number of halogens is 1. The summed E-state index contributed by atoms with van der Waals surface area (Å²) in [6.07, 6.45) is 3.28. The molecule has 0 bridgehead atoms. The van der Waals surface area contributed by atoms with Crippen LogP contribution in [-0.4, -0.2) is 10.2 Å². The lowest BCUT2D eigenvalue weighted by Crippen LogP contribution is -1.90. The molecule has 0 aliphatic rings. The van der Waals surface area contributed by atoms with Gasteiger partial charge in [0, 0.05) is 5.56 Å². The molecule has 1 aromatic heterocycles. The van der Waals surface area contributed by atoms with Gasteiger partial charge in [-0.05, 0) is 30.2 Å². The first-order chi connectivity index (χ1) is 7.74. The lowest BCUT2D eigenvalue weighted by Gasteiger charge is -2.07. The standard InChI is InChI=1S/C12H8ClN3/c1-8-10(9-4-5-15-16-7-9)2-3-12(13)11(8)6-14/h2-5,7H,1H3. The van der Waals surface area contributed by atoms with E-state index in [1.807, 2.05) is 19.1 Å². The number of benzene rings is 1. The molecule has 3 nitrogen and oxygen atoms in total. The quantitative estimate of drug-likeness (QED) is 0.755. The van der Waals surface area contributed by atoms with Gasteiger partial charge >= 0.3 is 0 Å². The van der Waals surface area contributed by atoms with Gasteiger partial charge in [-0.3, -0.25) is 0 Å². The molecule has 0 aliphatic carbocycles. The molecule has 16 heavy (non-hydrogen) atoms. The Morgan fingerprint density at radius 2 is 2.06 bits per heavy atom. The number of hydrogen-bond donors (Lipinski definition) is 0. The van der Waals surface area contributed by atoms with Crippen LogP contribution in [0.1, 0.15) is 11.1 Å². The maximum Gasteiger partial charge on any atom is 0.101 e. The van der Waals surface area contributed by atoms with E-state index < -0.39 is 0 Å². The van der Waals surface area contributed by atoms with E-state index >= 15 is 0 Å². The molecular weight excluding hydrogens is 222 g/mol. The Hall–Kier alpha value is -1.92. The molecule has 0 atom stereocenters. The predicted molar refractivity (Wildman–Crippen MR) is 61.9 cm³/mol. The van der Waals surface area contributed by atoms with E-state index in [0.717, 1.165) is 16.7 Å². The molecule has 1 aromatic carbocycles. The number of nitrogens with zero attached hydrogens (tertiary/aromatic N) is 3. The summed E-state index contributed by atoms with van der Waals surface area (Å²) in [6.45, 7) is 1.88. The first kappa shape index (κ1) is 10.6. The van der Waals surface area contributed by atoms with Crippen molar-refractivity contribution in [3.8, 4) is 17.2 Å². The van der Waals surface area contributed by atoms with E-state index in [2.05, 4.69) is 16.3 Å². The van der Waals surface area contributed by atoms with Gasteiger partial charge in [-0.2, -0.15) is 15.5 Å². The van der Waals surface area contributed by atoms with Crippen LogP contribution in [0.25, 0.3) is 11.1 Å². The van der Waals surface area contributed by atoms with E-state index in [9.17, 15) is 0 Å². The monoisotopic (exact) mass is 229 g/mol. The molecule has 0 N–H and O–H groups in total. The largest absolute Gasteiger partial charge is 0.192 e. The van der Waals surface area contributed by atoms with Crippen molar-refractivity contribution in [2.24, 2.45) is 0 Å². The predicted octanol–water partition coefficient (Wildman–Crippen LogP) is 2.98. The van der Waals surface area contributed by atoms with E-state index in [4.69, 9.17) is 16.9 Å². The van der Waals surface area contributed by atoms with Crippen LogP contribution in [0.15, 0.2) is 30.6 Å². The van der Waals surface area contributed by atoms with Crippen molar-refractivity contribution in [3.05, 3.63) is 46.7 Å². The number of nitriles is 1. The van der Waals surface area contributed by atoms with Crippen molar-refractivity contribution in [2.45, 2.75) is 6.92 Å². The van der Waals surface area contributed by atoms with Crippen molar-refractivity contribution < 1.29 is 0 Å². The van der Waals surface area contributed by atoms with Gasteiger partial charge in [-0.15, -0.1) is 0 Å². The number of rotatable bonds is 1. The van der Waals surface area contributed by atoms with Crippen LogP contribution in [0.3, 0.4) is 0 Å². The Morgan fingerprint density at radius 1 is 1.25 bits per heavy atom. The van der Waals surface area contributed by atoms with Gasteiger partial charge in [0.25, 0.3) is 0 Å². The fraction of sp³-hybridized carbons (Fsp3) is 0.0833. The highest BCUT2D eigenvalue weighted by atomic mass is 35.5. The molecule has 0 amide bonds. The van der Waals surface area contributed by atoms with E-state index in [1.165, 1.54) is 0 Å². The lowest BCUT2D eigenvalue weighted by molar-refractivity contribution is 1.03. The highest BCUT2D eigenvalue weighted by molar-refractivity contribution is 6.32. The number of aromatic nitrogens is 2. The van der Waals surface area contributed by atoms with Gasteiger partial charge in [-0.1, -0.05) is 17.7 Å². The van der Waals surface area contributed by atoms with E-state index in [1.54, 1.807) is 18.5 Å². The maximum atomic E-state index is 9.01. The fourth-order valence-electron chi connectivity index (χ4n) is 1.58. The van der Waals surface area contributed by atoms with Crippen LogP contribution in [0.4, 0.5) is 0 Å². The average molecular weight is 230 g/mol. The van der Waals surface area contributed by atoms with Crippen LogP contribution in [0.2, 0.25) is 5.02 Å². The second-order valence-corrected chi connectivity index (χ2v) is 3.75. The molecule has 0 spiro atoms. The third-order valence-corrected chi connectivity index (χ3v) is 2.74. The van der Waals surface area contributed by atoms with Gasteiger partial charge in [-0.25, -0.2) is 0 Å². The summed E-state index contributed by atoms with van der Waals surface area (Å²) in [5.41, 5.74) is 3.26. The highest BCUT2D eigenvalue weighted by Crippen LogP contribution is 2.28. The normalized spacial score (nSPS) is 9.81. The minimum Gasteiger partial charge on any atom is -0.192 e. The molecular formula is C12H8ClN3. The lowest BCUT2D eigenvalue weighted by atomic mass is 9.98. The van der Waals surface area contributed by atoms with Crippen molar-refractivity contribution >= 4 is 11.6 Å². The highest BCUT2D eigenvalue weighted by Gasteiger charge is 2.09. The zero-order valence-electron chi connectivity index (χ0n) is 8.61. The summed E-state index contributed by atoms with van der Waals surface area (Å²) >= 11 is 5.94. The Morgan fingerprint density at radius 3 is 2.69 bits per heavy atom. The second kappa shape index (κ2) is 4.30. The third-order valence-electron chi connectivity index (χ3n) is 2.42. The first-order valence-electron chi connectivity index (χ1n) is 4.70. The topological polar surface area (TPSA) is 49.6 Å². The van der Waals surface area contributed by atoms with E-state index in [-0.39, 0.29) is 0 Å². The Bertz CT molecular complexity index is 558. The molecule has 78 valence electrons. The van der Waals surface area contributed by atoms with Gasteiger partial charge in [0.2, 0.25) is 0 Å².